The minimum atomic E-state index is -1.04. The van der Waals surface area contributed by atoms with Crippen molar-refractivity contribution in [2.75, 3.05) is 13.2 Å². The molecular formula is C17H22O5. The molecule has 1 N–H and O–H groups in total. The van der Waals surface area contributed by atoms with Crippen molar-refractivity contribution < 1.29 is 24.2 Å². The van der Waals surface area contributed by atoms with Gasteiger partial charge in [-0.2, -0.15) is 0 Å². The maximum Gasteiger partial charge on any atom is 0.314 e. The van der Waals surface area contributed by atoms with E-state index in [-0.39, 0.29) is 18.1 Å². The number of carboxylic acid groups (broad SMARTS) is 1. The zero-order chi connectivity index (χ0) is 16.2. The third-order valence-electron chi connectivity index (χ3n) is 6.38. The molecule has 0 amide bonds. The summed E-state index contributed by atoms with van der Waals surface area (Å²) in [5.74, 6) is -0.213. The van der Waals surface area contributed by atoms with Crippen molar-refractivity contribution in [1.82, 2.24) is 0 Å². The molecule has 3 fully saturated rings. The van der Waals surface area contributed by atoms with Gasteiger partial charge in [0, 0.05) is 17.8 Å². The molecule has 2 aliphatic carbocycles. The van der Waals surface area contributed by atoms with Gasteiger partial charge in [0.05, 0.1) is 18.6 Å². The molecule has 3 rings (SSSR count). The maximum atomic E-state index is 12.9. The van der Waals surface area contributed by atoms with E-state index in [1.807, 2.05) is 13.8 Å². The Morgan fingerprint density at radius 1 is 1.32 bits per heavy atom. The van der Waals surface area contributed by atoms with Crippen LogP contribution in [-0.2, 0) is 19.1 Å². The molecule has 1 spiro atoms. The van der Waals surface area contributed by atoms with E-state index in [9.17, 15) is 14.7 Å². The molecule has 0 bridgehead atoms. The third kappa shape index (κ3) is 1.68. The van der Waals surface area contributed by atoms with Gasteiger partial charge in [0.1, 0.15) is 5.92 Å². The minimum Gasteiger partial charge on any atom is -0.481 e. The van der Waals surface area contributed by atoms with Gasteiger partial charge in [-0.25, -0.2) is 0 Å². The number of Topliss-reactive ketones (excluding diaryl/α,β-unsaturated/α-hetero) is 1. The quantitative estimate of drug-likeness (QED) is 0.591. The Bertz CT molecular complexity index is 556. The summed E-state index contributed by atoms with van der Waals surface area (Å²) in [4.78, 5) is 24.3. The first-order chi connectivity index (χ1) is 10.3. The van der Waals surface area contributed by atoms with Crippen LogP contribution in [0.2, 0.25) is 0 Å². The van der Waals surface area contributed by atoms with Crippen LogP contribution in [0.4, 0.5) is 0 Å². The summed E-state index contributed by atoms with van der Waals surface area (Å²) in [5.41, 5.74) is -1.54. The predicted molar refractivity (Wildman–Crippen MR) is 77.8 cm³/mol. The summed E-state index contributed by atoms with van der Waals surface area (Å²) in [6.45, 7) is 4.89. The van der Waals surface area contributed by atoms with Crippen molar-refractivity contribution in [3.8, 4) is 12.3 Å². The Hall–Kier alpha value is -1.38. The van der Waals surface area contributed by atoms with Crippen molar-refractivity contribution in [2.24, 2.45) is 22.7 Å². The van der Waals surface area contributed by atoms with Crippen LogP contribution in [0.1, 0.15) is 39.5 Å². The fraction of sp³-hybridized carbons (Fsp3) is 0.765. The lowest BCUT2D eigenvalue weighted by Crippen LogP contribution is -2.64. The van der Waals surface area contributed by atoms with Gasteiger partial charge in [-0.1, -0.05) is 19.8 Å². The number of carbonyl (C=O) groups excluding carboxylic acids is 1. The van der Waals surface area contributed by atoms with E-state index in [0.717, 1.165) is 0 Å². The number of hydrogen-bond acceptors (Lipinski definition) is 4. The highest BCUT2D eigenvalue weighted by molar-refractivity contribution is 6.02. The lowest BCUT2D eigenvalue weighted by atomic mass is 9.44. The molecular weight excluding hydrogens is 284 g/mol. The number of carboxylic acids is 1. The molecule has 1 heterocycles. The van der Waals surface area contributed by atoms with Crippen LogP contribution in [0.25, 0.3) is 0 Å². The Labute approximate surface area is 130 Å². The summed E-state index contributed by atoms with van der Waals surface area (Å²) in [6.07, 6.45) is 7.78. The van der Waals surface area contributed by atoms with E-state index < -0.39 is 28.5 Å². The Kier molecular flexibility index (Phi) is 3.39. The number of ether oxygens (including phenoxy) is 2. The average molecular weight is 306 g/mol. The van der Waals surface area contributed by atoms with Crippen LogP contribution in [0, 0.1) is 35.0 Å². The van der Waals surface area contributed by atoms with Gasteiger partial charge in [0.25, 0.3) is 0 Å². The SMILES string of the molecule is C#CC12CCC(C(=O)O)C(=O)C1(C)CCC1(OCCO1)C2C. The molecule has 0 radical (unpaired) electrons. The molecule has 0 aromatic heterocycles. The second kappa shape index (κ2) is 4.81. The van der Waals surface area contributed by atoms with E-state index in [2.05, 4.69) is 5.92 Å². The predicted octanol–water partition coefficient (Wildman–Crippen LogP) is 1.85. The molecule has 2 saturated carbocycles. The summed E-state index contributed by atoms with van der Waals surface area (Å²) in [6, 6.07) is 0. The van der Waals surface area contributed by atoms with Crippen molar-refractivity contribution in [1.29, 1.82) is 0 Å². The summed E-state index contributed by atoms with van der Waals surface area (Å²) < 4.78 is 11.8. The highest BCUT2D eigenvalue weighted by Gasteiger charge is 2.68. The molecule has 0 aromatic carbocycles. The maximum absolute atomic E-state index is 12.9. The number of hydrogen-bond donors (Lipinski definition) is 1. The van der Waals surface area contributed by atoms with Crippen molar-refractivity contribution >= 4 is 11.8 Å². The van der Waals surface area contributed by atoms with Crippen LogP contribution in [0.3, 0.4) is 0 Å². The Balaban J connectivity index is 2.05. The average Bonchev–Trinajstić information content (AvgIpc) is 2.96. The number of terminal acetylenes is 1. The lowest BCUT2D eigenvalue weighted by Gasteiger charge is -2.59. The Morgan fingerprint density at radius 3 is 2.50 bits per heavy atom. The zero-order valence-electron chi connectivity index (χ0n) is 13.1. The van der Waals surface area contributed by atoms with E-state index >= 15 is 0 Å². The van der Waals surface area contributed by atoms with E-state index in [4.69, 9.17) is 15.9 Å². The molecule has 4 unspecified atom stereocenters. The van der Waals surface area contributed by atoms with Gasteiger partial charge in [0.2, 0.25) is 0 Å². The smallest absolute Gasteiger partial charge is 0.314 e. The minimum absolute atomic E-state index is 0.148. The summed E-state index contributed by atoms with van der Waals surface area (Å²) >= 11 is 0. The molecule has 4 atom stereocenters. The van der Waals surface area contributed by atoms with Gasteiger partial charge >= 0.3 is 5.97 Å². The van der Waals surface area contributed by atoms with Gasteiger partial charge in [-0.05, 0) is 19.3 Å². The highest BCUT2D eigenvalue weighted by atomic mass is 16.7. The normalized spacial score (nSPS) is 43.6. The van der Waals surface area contributed by atoms with Crippen LogP contribution in [0.15, 0.2) is 0 Å². The number of fused-ring (bicyclic) bond motifs is 1. The Morgan fingerprint density at radius 2 is 1.95 bits per heavy atom. The molecule has 3 aliphatic rings. The molecule has 5 heteroatoms. The third-order valence-corrected chi connectivity index (χ3v) is 6.38. The van der Waals surface area contributed by atoms with E-state index in [1.54, 1.807) is 0 Å². The summed E-state index contributed by atoms with van der Waals surface area (Å²) in [7, 11) is 0. The van der Waals surface area contributed by atoms with E-state index in [1.165, 1.54) is 0 Å². The van der Waals surface area contributed by atoms with Crippen LogP contribution >= 0.6 is 0 Å². The van der Waals surface area contributed by atoms with Gasteiger partial charge < -0.3 is 14.6 Å². The number of carbonyl (C=O) groups is 2. The standard InChI is InChI=1S/C17H22O5/c1-4-16-6-5-12(14(19)20)13(18)15(16,3)7-8-17(11(16)2)21-9-10-22-17/h1,11-12H,5-10H2,2-3H3,(H,19,20). The molecule has 1 saturated heterocycles. The van der Waals surface area contributed by atoms with Crippen LogP contribution in [-0.4, -0.2) is 35.9 Å². The van der Waals surface area contributed by atoms with Gasteiger partial charge in [-0.15, -0.1) is 6.42 Å². The topological polar surface area (TPSA) is 72.8 Å². The molecule has 120 valence electrons. The molecule has 5 nitrogen and oxygen atoms in total. The molecule has 22 heavy (non-hydrogen) atoms. The largest absolute Gasteiger partial charge is 0.481 e. The van der Waals surface area contributed by atoms with Crippen LogP contribution < -0.4 is 0 Å². The van der Waals surface area contributed by atoms with Gasteiger partial charge in [0.15, 0.2) is 11.6 Å². The lowest BCUT2D eigenvalue weighted by molar-refractivity contribution is -0.259. The van der Waals surface area contributed by atoms with E-state index in [0.29, 0.717) is 32.5 Å². The zero-order valence-corrected chi connectivity index (χ0v) is 13.1. The summed E-state index contributed by atoms with van der Waals surface area (Å²) in [5, 5.41) is 9.32. The van der Waals surface area contributed by atoms with Crippen molar-refractivity contribution in [2.45, 2.75) is 45.3 Å². The van der Waals surface area contributed by atoms with Crippen molar-refractivity contribution in [3.05, 3.63) is 0 Å². The first-order valence-electron chi connectivity index (χ1n) is 7.86. The second-order valence-electron chi connectivity index (χ2n) is 6.97. The highest BCUT2D eigenvalue weighted by Crippen LogP contribution is 2.64. The van der Waals surface area contributed by atoms with Crippen molar-refractivity contribution in [3.63, 3.8) is 0 Å². The van der Waals surface area contributed by atoms with Gasteiger partial charge in [-0.3, -0.25) is 9.59 Å². The fourth-order valence-corrected chi connectivity index (χ4v) is 4.90. The first kappa shape index (κ1) is 15.5. The molecule has 0 aromatic rings. The monoisotopic (exact) mass is 306 g/mol. The number of ketones is 1. The number of rotatable bonds is 1. The second-order valence-corrected chi connectivity index (χ2v) is 6.97. The molecule has 1 aliphatic heterocycles. The number of aliphatic carboxylic acids is 1. The first-order valence-corrected chi connectivity index (χ1v) is 7.86. The van der Waals surface area contributed by atoms with Crippen LogP contribution in [0.5, 0.6) is 0 Å². The fourth-order valence-electron chi connectivity index (χ4n) is 4.90.